The molecular weight excluding hydrogens is 741 g/mol. The number of anilines is 2. The van der Waals surface area contributed by atoms with Gasteiger partial charge in [0.25, 0.3) is 0 Å². The first-order valence-corrected chi connectivity index (χ1v) is 21.9. The minimum absolute atomic E-state index is 0.0237. The van der Waals surface area contributed by atoms with Crippen molar-refractivity contribution < 1.29 is 4.42 Å². The summed E-state index contributed by atoms with van der Waals surface area (Å²) in [5, 5.41) is 6.23. The second-order valence-electron chi connectivity index (χ2n) is 20.6. The molecule has 7 aromatic carbocycles. The summed E-state index contributed by atoms with van der Waals surface area (Å²) < 4.78 is 12.3. The molecule has 2 aliphatic rings. The van der Waals surface area contributed by atoms with Crippen molar-refractivity contribution >= 4 is 83.9 Å². The Hall–Kier alpha value is -6.46. The number of nitrogens with zero attached hydrogens (tertiary/aromatic N) is 3. The van der Waals surface area contributed by atoms with Gasteiger partial charge >= 0.3 is 6.85 Å². The van der Waals surface area contributed by atoms with Gasteiger partial charge in [0.1, 0.15) is 5.58 Å². The SMILES string of the molecule is CC(C)(C)c1ccc(N2B3c4c(cc(C(C)(C)C)cc4-n4c5ccc(C(C)(C)C)cc5c5c4c3cc3c4ccccc4n(-c4ccccc4)c35)-c3c2oc2ccccc32)cc1. The minimum Gasteiger partial charge on any atom is -0.441 e. The van der Waals surface area contributed by atoms with E-state index in [0.29, 0.717) is 0 Å². The smallest absolute Gasteiger partial charge is 0.336 e. The van der Waals surface area contributed by atoms with Crippen LogP contribution in [0.4, 0.5) is 11.6 Å². The predicted octanol–water partition coefficient (Wildman–Crippen LogP) is 13.8. The number of hydrogen-bond donors (Lipinski definition) is 0. The van der Waals surface area contributed by atoms with E-state index < -0.39 is 0 Å². The first-order valence-electron chi connectivity index (χ1n) is 21.9. The van der Waals surface area contributed by atoms with E-state index in [0.717, 1.165) is 28.2 Å². The minimum atomic E-state index is -0.169. The van der Waals surface area contributed by atoms with Crippen LogP contribution in [0.1, 0.15) is 79.0 Å². The van der Waals surface area contributed by atoms with Crippen LogP contribution in [0.5, 0.6) is 0 Å². The molecule has 0 atom stereocenters. The average Bonchev–Trinajstić information content (AvgIpc) is 3.90. The molecular formula is C56H50BN3O. The Morgan fingerprint density at radius 1 is 0.475 bits per heavy atom. The van der Waals surface area contributed by atoms with Crippen LogP contribution in [0, 0.1) is 0 Å². The van der Waals surface area contributed by atoms with E-state index in [4.69, 9.17) is 4.42 Å². The summed E-state index contributed by atoms with van der Waals surface area (Å²) in [6.07, 6.45) is 0. The van der Waals surface area contributed by atoms with E-state index >= 15 is 0 Å². The topological polar surface area (TPSA) is 26.2 Å². The zero-order valence-electron chi connectivity index (χ0n) is 36.6. The van der Waals surface area contributed by atoms with Crippen molar-refractivity contribution in [2.45, 2.75) is 78.6 Å². The molecule has 0 radical (unpaired) electrons. The molecule has 5 heterocycles. The lowest BCUT2D eigenvalue weighted by atomic mass is 9.44. The number of para-hydroxylation sites is 3. The van der Waals surface area contributed by atoms with Crippen LogP contribution in [0.25, 0.3) is 77.1 Å². The Bertz CT molecular complexity index is 3470. The quantitative estimate of drug-likeness (QED) is 0.163. The lowest BCUT2D eigenvalue weighted by Crippen LogP contribution is -2.60. The third kappa shape index (κ3) is 5.01. The van der Waals surface area contributed by atoms with E-state index in [1.54, 1.807) is 0 Å². The van der Waals surface area contributed by atoms with Crippen LogP contribution < -0.4 is 15.7 Å². The zero-order valence-corrected chi connectivity index (χ0v) is 36.6. The van der Waals surface area contributed by atoms with Crippen LogP contribution >= 0.6 is 0 Å². The molecule has 0 bridgehead atoms. The molecule has 0 amide bonds. The Morgan fingerprint density at radius 2 is 1.11 bits per heavy atom. The highest BCUT2D eigenvalue weighted by atomic mass is 16.4. The van der Waals surface area contributed by atoms with Crippen LogP contribution in [0.2, 0.25) is 0 Å². The molecule has 0 saturated carbocycles. The van der Waals surface area contributed by atoms with Crippen molar-refractivity contribution in [2.75, 3.05) is 4.81 Å². The molecule has 3 aromatic heterocycles. The fourth-order valence-electron chi connectivity index (χ4n) is 10.6. The molecule has 10 aromatic rings. The summed E-state index contributed by atoms with van der Waals surface area (Å²) in [4.78, 5) is 2.53. The van der Waals surface area contributed by atoms with E-state index in [2.05, 4.69) is 216 Å². The van der Waals surface area contributed by atoms with Crippen molar-refractivity contribution in [1.29, 1.82) is 0 Å². The van der Waals surface area contributed by atoms with Crippen molar-refractivity contribution in [3.63, 3.8) is 0 Å². The molecule has 0 aliphatic carbocycles. The van der Waals surface area contributed by atoms with Gasteiger partial charge in [-0.1, -0.05) is 147 Å². The van der Waals surface area contributed by atoms with E-state index in [9.17, 15) is 0 Å². The number of fused-ring (bicyclic) bond motifs is 13. The van der Waals surface area contributed by atoms with Gasteiger partial charge in [0.15, 0.2) is 5.88 Å². The summed E-state index contributed by atoms with van der Waals surface area (Å²) in [6.45, 7) is 20.7. The summed E-state index contributed by atoms with van der Waals surface area (Å²) in [7, 11) is 0. The third-order valence-electron chi connectivity index (χ3n) is 13.7. The van der Waals surface area contributed by atoms with Gasteiger partial charge in [-0.15, -0.1) is 0 Å². The van der Waals surface area contributed by atoms with Crippen molar-refractivity contribution in [2.24, 2.45) is 0 Å². The highest BCUT2D eigenvalue weighted by Gasteiger charge is 2.47. The van der Waals surface area contributed by atoms with Gasteiger partial charge in [0, 0.05) is 44.0 Å². The van der Waals surface area contributed by atoms with Crippen molar-refractivity contribution in [3.8, 4) is 22.5 Å². The van der Waals surface area contributed by atoms with Crippen LogP contribution in [0.15, 0.2) is 144 Å². The number of furan rings is 1. The molecule has 0 saturated heterocycles. The van der Waals surface area contributed by atoms with E-state index in [1.807, 2.05) is 0 Å². The van der Waals surface area contributed by atoms with E-state index in [1.165, 1.54) is 88.0 Å². The van der Waals surface area contributed by atoms with Crippen LogP contribution in [0.3, 0.4) is 0 Å². The maximum Gasteiger partial charge on any atom is 0.336 e. The average molecular weight is 792 g/mol. The third-order valence-corrected chi connectivity index (χ3v) is 13.7. The predicted molar refractivity (Wildman–Crippen MR) is 260 cm³/mol. The second-order valence-corrected chi connectivity index (χ2v) is 20.6. The molecule has 61 heavy (non-hydrogen) atoms. The van der Waals surface area contributed by atoms with Crippen molar-refractivity contribution in [1.82, 2.24) is 9.13 Å². The monoisotopic (exact) mass is 791 g/mol. The Labute approximate surface area is 358 Å². The maximum atomic E-state index is 7.16. The normalized spacial score (nSPS) is 13.9. The summed E-state index contributed by atoms with van der Waals surface area (Å²) in [5.41, 5.74) is 18.3. The molecule has 0 fully saturated rings. The van der Waals surface area contributed by atoms with Gasteiger partial charge in [0.2, 0.25) is 0 Å². The molecule has 0 spiro atoms. The molecule has 0 unspecified atom stereocenters. The van der Waals surface area contributed by atoms with Gasteiger partial charge in [-0.3, -0.25) is 0 Å². The molecule has 5 heteroatoms. The first-order chi connectivity index (χ1) is 29.2. The summed E-state index contributed by atoms with van der Waals surface area (Å²) in [5.74, 6) is 0.902. The summed E-state index contributed by atoms with van der Waals surface area (Å²) in [6, 6.07) is 52.6. The van der Waals surface area contributed by atoms with Gasteiger partial charge in [-0.2, -0.15) is 0 Å². The highest BCUT2D eigenvalue weighted by molar-refractivity contribution is 6.94. The van der Waals surface area contributed by atoms with Gasteiger partial charge in [-0.05, 0) is 104 Å². The van der Waals surface area contributed by atoms with E-state index in [-0.39, 0.29) is 23.1 Å². The summed E-state index contributed by atoms with van der Waals surface area (Å²) >= 11 is 0. The number of hydrogen-bond acceptors (Lipinski definition) is 2. The Morgan fingerprint density at radius 3 is 1.84 bits per heavy atom. The second kappa shape index (κ2) is 12.1. The van der Waals surface area contributed by atoms with Gasteiger partial charge in [-0.25, -0.2) is 0 Å². The zero-order chi connectivity index (χ0) is 41.9. The molecule has 12 rings (SSSR count). The standard InChI is InChI=1S/C56H50BN3O/c1-54(2,3)33-23-26-37(27-24-33)60-53-48(39-20-14-16-22-47(39)61-53)42-30-35(56(7,8)9)31-46-50(42)57(60)43-32-40-38-19-13-15-21-44(38)58(36-17-11-10-12-18-36)51(40)49-41-29-34(55(4,5)6)25-28-45(41)59(46)52(43)49/h10-32H,1-9H3. The fourth-order valence-corrected chi connectivity index (χ4v) is 10.6. The number of rotatable bonds is 2. The first kappa shape index (κ1) is 36.4. The van der Waals surface area contributed by atoms with Gasteiger partial charge < -0.3 is 18.4 Å². The highest BCUT2D eigenvalue weighted by Crippen LogP contribution is 2.51. The molecule has 4 nitrogen and oxygen atoms in total. The lowest BCUT2D eigenvalue weighted by molar-refractivity contribution is 0.589. The largest absolute Gasteiger partial charge is 0.441 e. The number of aromatic nitrogens is 2. The fraction of sp³-hybridized carbons (Fsp3) is 0.214. The molecule has 298 valence electrons. The van der Waals surface area contributed by atoms with Gasteiger partial charge in [0.05, 0.1) is 27.6 Å². The maximum absolute atomic E-state index is 7.16. The lowest BCUT2D eigenvalue weighted by Gasteiger charge is -2.40. The molecule has 2 aliphatic heterocycles. The number of benzene rings is 7. The van der Waals surface area contributed by atoms with Crippen molar-refractivity contribution in [3.05, 3.63) is 156 Å². The van der Waals surface area contributed by atoms with Crippen LogP contribution in [-0.4, -0.2) is 16.0 Å². The Balaban J connectivity index is 1.33. The Kier molecular flexibility index (Phi) is 7.22. The van der Waals surface area contributed by atoms with Crippen LogP contribution in [-0.2, 0) is 16.2 Å². The molecule has 0 N–H and O–H groups in total.